The summed E-state index contributed by atoms with van der Waals surface area (Å²) in [5.74, 6) is 1.48. The van der Waals surface area contributed by atoms with Crippen molar-refractivity contribution in [2.24, 2.45) is 0 Å². The highest BCUT2D eigenvalue weighted by Crippen LogP contribution is 2.07. The summed E-state index contributed by atoms with van der Waals surface area (Å²) in [7, 11) is -3.49. The Kier molecular flexibility index (Phi) is 7.11. The lowest BCUT2D eigenvalue weighted by Gasteiger charge is -2.06. The Morgan fingerprint density at radius 3 is 2.53 bits per heavy atom. The highest BCUT2D eigenvalue weighted by atomic mass is 32.2. The molecule has 108 valence electrons. The summed E-state index contributed by atoms with van der Waals surface area (Å²) in [4.78, 5) is 7.99. The molecule has 0 fully saturated rings. The van der Waals surface area contributed by atoms with E-state index in [1.165, 1.54) is 12.4 Å². The fourth-order valence-electron chi connectivity index (χ4n) is 1.37. The van der Waals surface area contributed by atoms with Gasteiger partial charge in [-0.05, 0) is 31.8 Å². The van der Waals surface area contributed by atoms with Crippen LogP contribution in [0, 0.1) is 0 Å². The fraction of sp³-hybridized carbons (Fsp3) is 0.636. The first-order valence-corrected chi connectivity index (χ1v) is 9.02. The Bertz CT molecular complexity index is 462. The molecule has 0 aliphatic carbocycles. The topological polar surface area (TPSA) is 84.0 Å². The van der Waals surface area contributed by atoms with Gasteiger partial charge >= 0.3 is 0 Å². The van der Waals surface area contributed by atoms with Gasteiger partial charge < -0.3 is 5.32 Å². The van der Waals surface area contributed by atoms with E-state index in [9.17, 15) is 8.42 Å². The van der Waals surface area contributed by atoms with Crippen LogP contribution in [0.4, 0.5) is 5.95 Å². The normalized spacial score (nSPS) is 11.5. The predicted octanol–water partition coefficient (Wildman–Crippen LogP) is 1.33. The van der Waals surface area contributed by atoms with Crippen LogP contribution in [0.5, 0.6) is 0 Å². The number of hydrogen-bond donors (Lipinski definition) is 2. The highest BCUT2D eigenvalue weighted by molar-refractivity contribution is 7.98. The van der Waals surface area contributed by atoms with Gasteiger partial charge in [0, 0.05) is 13.1 Å². The molecule has 0 saturated carbocycles. The number of nitrogens with zero attached hydrogens (tertiary/aromatic N) is 2. The number of hydrogen-bond acceptors (Lipinski definition) is 6. The average molecular weight is 304 g/mol. The second kappa shape index (κ2) is 8.34. The molecule has 1 rings (SSSR count). The molecule has 0 atom stereocenters. The first kappa shape index (κ1) is 16.2. The third kappa shape index (κ3) is 5.75. The van der Waals surface area contributed by atoms with Crippen LogP contribution in [0.1, 0.15) is 19.8 Å². The van der Waals surface area contributed by atoms with Gasteiger partial charge in [0.25, 0.3) is 0 Å². The van der Waals surface area contributed by atoms with Gasteiger partial charge in [-0.2, -0.15) is 11.8 Å². The van der Waals surface area contributed by atoms with Crippen LogP contribution in [0.3, 0.4) is 0 Å². The van der Waals surface area contributed by atoms with Crippen LogP contribution in [-0.4, -0.2) is 43.5 Å². The van der Waals surface area contributed by atoms with E-state index in [1.807, 2.05) is 13.2 Å². The Morgan fingerprint density at radius 1 is 1.26 bits per heavy atom. The third-order valence-electron chi connectivity index (χ3n) is 2.34. The second-order valence-electron chi connectivity index (χ2n) is 3.87. The lowest BCUT2D eigenvalue weighted by atomic mass is 10.3. The van der Waals surface area contributed by atoms with Crippen LogP contribution in [-0.2, 0) is 10.0 Å². The predicted molar refractivity (Wildman–Crippen MR) is 79.0 cm³/mol. The smallest absolute Gasteiger partial charge is 0.243 e. The number of nitrogens with one attached hydrogen (secondary N) is 2. The molecule has 1 aromatic heterocycles. The van der Waals surface area contributed by atoms with E-state index in [4.69, 9.17) is 0 Å². The zero-order chi connectivity index (χ0) is 14.1. The minimum atomic E-state index is -3.49. The Balaban J connectivity index is 2.52. The van der Waals surface area contributed by atoms with Crippen LogP contribution >= 0.6 is 11.8 Å². The Morgan fingerprint density at radius 2 is 1.95 bits per heavy atom. The molecule has 0 aromatic carbocycles. The third-order valence-corrected chi connectivity index (χ3v) is 4.45. The van der Waals surface area contributed by atoms with Gasteiger partial charge in [-0.15, -0.1) is 0 Å². The SMILES string of the molecule is CCNc1ncc(S(=O)(=O)NCCCCSC)cn1. The summed E-state index contributed by atoms with van der Waals surface area (Å²) in [6, 6.07) is 0. The molecule has 0 spiro atoms. The number of rotatable bonds is 9. The van der Waals surface area contributed by atoms with Gasteiger partial charge in [0.15, 0.2) is 0 Å². The van der Waals surface area contributed by atoms with Crippen LogP contribution in [0.2, 0.25) is 0 Å². The van der Waals surface area contributed by atoms with Gasteiger partial charge in [0.1, 0.15) is 4.90 Å². The van der Waals surface area contributed by atoms with Crippen molar-refractivity contribution in [1.29, 1.82) is 0 Å². The Hall–Kier alpha value is -0.860. The summed E-state index contributed by atoms with van der Waals surface area (Å²) < 4.78 is 26.4. The maximum absolute atomic E-state index is 11.9. The number of aromatic nitrogens is 2. The molecular weight excluding hydrogens is 284 g/mol. The lowest BCUT2D eigenvalue weighted by molar-refractivity contribution is 0.577. The van der Waals surface area contributed by atoms with E-state index in [0.717, 1.165) is 18.6 Å². The highest BCUT2D eigenvalue weighted by Gasteiger charge is 2.14. The minimum absolute atomic E-state index is 0.0963. The number of sulfonamides is 1. The molecular formula is C11H20N4O2S2. The quantitative estimate of drug-likeness (QED) is 0.670. The zero-order valence-electron chi connectivity index (χ0n) is 11.2. The zero-order valence-corrected chi connectivity index (χ0v) is 12.9. The summed E-state index contributed by atoms with van der Waals surface area (Å²) in [6.45, 7) is 3.06. The van der Waals surface area contributed by atoms with Crippen molar-refractivity contribution >= 4 is 27.7 Å². The van der Waals surface area contributed by atoms with Crippen molar-refractivity contribution in [3.63, 3.8) is 0 Å². The standard InChI is InChI=1S/C11H20N4O2S2/c1-3-12-11-13-8-10(9-14-11)19(16,17)15-6-4-5-7-18-2/h8-9,15H,3-7H2,1-2H3,(H,12,13,14). The van der Waals surface area contributed by atoms with Crippen LogP contribution in [0.15, 0.2) is 17.3 Å². The molecule has 0 unspecified atom stereocenters. The molecule has 0 aliphatic heterocycles. The number of anilines is 1. The van der Waals surface area contributed by atoms with E-state index in [0.29, 0.717) is 19.0 Å². The van der Waals surface area contributed by atoms with Gasteiger partial charge in [-0.1, -0.05) is 0 Å². The molecule has 0 bridgehead atoms. The van der Waals surface area contributed by atoms with Gasteiger partial charge in [-0.3, -0.25) is 0 Å². The first-order valence-electron chi connectivity index (χ1n) is 6.14. The van der Waals surface area contributed by atoms with E-state index in [-0.39, 0.29) is 4.90 Å². The molecule has 8 heteroatoms. The lowest BCUT2D eigenvalue weighted by Crippen LogP contribution is -2.25. The summed E-state index contributed by atoms with van der Waals surface area (Å²) >= 11 is 1.76. The van der Waals surface area contributed by atoms with Crippen molar-refractivity contribution in [1.82, 2.24) is 14.7 Å². The maximum Gasteiger partial charge on any atom is 0.243 e. The van der Waals surface area contributed by atoms with Crippen LogP contribution in [0.25, 0.3) is 0 Å². The molecule has 0 saturated heterocycles. The number of unbranched alkanes of at least 4 members (excludes halogenated alkanes) is 1. The van der Waals surface area contributed by atoms with Crippen molar-refractivity contribution < 1.29 is 8.42 Å². The first-order chi connectivity index (χ1) is 9.10. The Labute approximate surface area is 118 Å². The van der Waals surface area contributed by atoms with Crippen molar-refractivity contribution in [3.05, 3.63) is 12.4 Å². The molecule has 0 amide bonds. The van der Waals surface area contributed by atoms with E-state index >= 15 is 0 Å². The fourth-order valence-corrected chi connectivity index (χ4v) is 2.82. The molecule has 19 heavy (non-hydrogen) atoms. The van der Waals surface area contributed by atoms with Gasteiger partial charge in [-0.25, -0.2) is 23.1 Å². The molecule has 1 aromatic rings. The summed E-state index contributed by atoms with van der Waals surface area (Å²) in [6.07, 6.45) is 6.49. The molecule has 6 nitrogen and oxygen atoms in total. The van der Waals surface area contributed by atoms with Crippen molar-refractivity contribution in [2.75, 3.05) is 30.4 Å². The van der Waals surface area contributed by atoms with Crippen molar-refractivity contribution in [3.8, 4) is 0 Å². The van der Waals surface area contributed by atoms with Crippen LogP contribution < -0.4 is 10.0 Å². The summed E-state index contributed by atoms with van der Waals surface area (Å²) in [5, 5.41) is 2.91. The largest absolute Gasteiger partial charge is 0.355 e. The minimum Gasteiger partial charge on any atom is -0.355 e. The molecule has 0 aliphatic rings. The van der Waals surface area contributed by atoms with Gasteiger partial charge in [0.2, 0.25) is 16.0 Å². The molecule has 2 N–H and O–H groups in total. The average Bonchev–Trinajstić information content (AvgIpc) is 2.39. The van der Waals surface area contributed by atoms with Crippen molar-refractivity contribution in [2.45, 2.75) is 24.7 Å². The maximum atomic E-state index is 11.9. The van der Waals surface area contributed by atoms with Gasteiger partial charge in [0.05, 0.1) is 12.4 Å². The summed E-state index contributed by atoms with van der Waals surface area (Å²) in [5.41, 5.74) is 0. The molecule has 0 radical (unpaired) electrons. The second-order valence-corrected chi connectivity index (χ2v) is 6.62. The van der Waals surface area contributed by atoms with E-state index in [2.05, 4.69) is 20.0 Å². The molecule has 1 heterocycles. The monoisotopic (exact) mass is 304 g/mol. The van der Waals surface area contributed by atoms with E-state index < -0.39 is 10.0 Å². The van der Waals surface area contributed by atoms with E-state index in [1.54, 1.807) is 11.8 Å². The number of thioether (sulfide) groups is 1.